The van der Waals surface area contributed by atoms with E-state index in [-0.39, 0.29) is 0 Å². The van der Waals surface area contributed by atoms with E-state index in [1.54, 1.807) is 6.21 Å². The highest BCUT2D eigenvalue weighted by atomic mass is 127. The van der Waals surface area contributed by atoms with Gasteiger partial charge in [0.05, 0.1) is 32.1 Å². The standard InChI is InChI=1S/C6H6I2N6/c1-2-10-3-4(5(7)9)6-11-12-13-14(6)8/h2-3H,1,9H2/b5-4+,10-3-. The number of allylic oxidation sites excluding steroid dienone is 1. The molecule has 0 aliphatic rings. The largest absolute Gasteiger partial charge is 0.393 e. The maximum atomic E-state index is 5.67. The molecule has 1 heterocycles. The lowest BCUT2D eigenvalue weighted by atomic mass is 10.3. The van der Waals surface area contributed by atoms with E-state index in [9.17, 15) is 0 Å². The monoisotopic (exact) mass is 416 g/mol. The van der Waals surface area contributed by atoms with Gasteiger partial charge in [-0.25, -0.2) is 0 Å². The van der Waals surface area contributed by atoms with Gasteiger partial charge in [0, 0.05) is 12.4 Å². The lowest BCUT2D eigenvalue weighted by Crippen LogP contribution is -2.01. The normalized spacial score (nSPS) is 13.0. The Bertz CT molecular complexity index is 389. The van der Waals surface area contributed by atoms with E-state index in [4.69, 9.17) is 5.73 Å². The van der Waals surface area contributed by atoms with Gasteiger partial charge in [-0.3, -0.25) is 4.99 Å². The molecule has 74 valence electrons. The summed E-state index contributed by atoms with van der Waals surface area (Å²) in [7, 11) is 0. The molecule has 0 aliphatic heterocycles. The molecule has 0 amide bonds. The van der Waals surface area contributed by atoms with Crippen LogP contribution in [-0.2, 0) is 0 Å². The molecule has 0 radical (unpaired) electrons. The molecular formula is C6H6I2N6. The molecule has 0 bridgehead atoms. The van der Waals surface area contributed by atoms with Crippen molar-refractivity contribution in [3.63, 3.8) is 0 Å². The van der Waals surface area contributed by atoms with E-state index in [1.807, 2.05) is 45.5 Å². The van der Waals surface area contributed by atoms with Gasteiger partial charge in [0.25, 0.3) is 0 Å². The second kappa shape index (κ2) is 5.38. The van der Waals surface area contributed by atoms with Crippen molar-refractivity contribution in [3.8, 4) is 0 Å². The third-order valence-electron chi connectivity index (χ3n) is 1.24. The van der Waals surface area contributed by atoms with Crippen LogP contribution in [0.2, 0.25) is 0 Å². The average molecular weight is 416 g/mol. The second-order valence-corrected chi connectivity index (χ2v) is 4.16. The van der Waals surface area contributed by atoms with E-state index in [1.165, 1.54) is 9.10 Å². The van der Waals surface area contributed by atoms with Crippen LogP contribution in [0.3, 0.4) is 0 Å². The first-order valence-corrected chi connectivity index (χ1v) is 5.45. The Morgan fingerprint density at radius 3 is 2.79 bits per heavy atom. The average Bonchev–Trinajstić information content (AvgIpc) is 2.52. The fraction of sp³-hybridized carbons (Fsp3) is 0. The molecule has 8 heteroatoms. The quantitative estimate of drug-likeness (QED) is 0.456. The fourth-order valence-electron chi connectivity index (χ4n) is 0.683. The van der Waals surface area contributed by atoms with Gasteiger partial charge < -0.3 is 5.73 Å². The summed E-state index contributed by atoms with van der Waals surface area (Å²) in [6.45, 7) is 3.47. The molecule has 1 aromatic rings. The number of aromatic nitrogens is 4. The number of nitrogens with zero attached hydrogens (tertiary/aromatic N) is 5. The number of hydrogen-bond acceptors (Lipinski definition) is 5. The maximum Gasteiger partial charge on any atom is 0.196 e. The topological polar surface area (TPSA) is 82.0 Å². The number of aliphatic imine (C=N–C) groups is 1. The first-order chi connectivity index (χ1) is 6.66. The summed E-state index contributed by atoms with van der Waals surface area (Å²) < 4.78 is 2.06. The Morgan fingerprint density at radius 1 is 1.64 bits per heavy atom. The van der Waals surface area contributed by atoms with E-state index in [0.29, 0.717) is 15.1 Å². The zero-order chi connectivity index (χ0) is 10.6. The highest BCUT2D eigenvalue weighted by molar-refractivity contribution is 14.1. The van der Waals surface area contributed by atoms with Crippen molar-refractivity contribution in [3.05, 3.63) is 22.3 Å². The van der Waals surface area contributed by atoms with Crippen molar-refractivity contribution < 1.29 is 0 Å². The lowest BCUT2D eigenvalue weighted by molar-refractivity contribution is 0.870. The zero-order valence-corrected chi connectivity index (χ0v) is 11.2. The summed E-state index contributed by atoms with van der Waals surface area (Å²) in [6.07, 6.45) is 2.98. The Balaban J connectivity index is 3.15. The van der Waals surface area contributed by atoms with Crippen LogP contribution in [0.5, 0.6) is 0 Å². The first kappa shape index (κ1) is 11.6. The van der Waals surface area contributed by atoms with Crippen molar-refractivity contribution in [2.45, 2.75) is 0 Å². The van der Waals surface area contributed by atoms with Crippen molar-refractivity contribution in [2.75, 3.05) is 0 Å². The van der Waals surface area contributed by atoms with Gasteiger partial charge in [-0.15, -0.1) is 5.10 Å². The predicted molar refractivity (Wildman–Crippen MR) is 71.1 cm³/mol. The van der Waals surface area contributed by atoms with Gasteiger partial charge in [0.1, 0.15) is 0 Å². The number of tetrazole rings is 1. The van der Waals surface area contributed by atoms with E-state index in [0.717, 1.165) is 0 Å². The minimum atomic E-state index is 0.558. The number of rotatable bonds is 3. The van der Waals surface area contributed by atoms with Crippen molar-refractivity contribution in [1.82, 2.24) is 18.4 Å². The fourth-order valence-corrected chi connectivity index (χ4v) is 1.51. The van der Waals surface area contributed by atoms with Crippen molar-refractivity contribution >= 4 is 57.2 Å². The summed E-state index contributed by atoms with van der Waals surface area (Å²) in [6, 6.07) is 0. The van der Waals surface area contributed by atoms with Gasteiger partial charge in [0.15, 0.2) is 5.82 Å². The first-order valence-electron chi connectivity index (χ1n) is 3.41. The van der Waals surface area contributed by atoms with Crippen molar-refractivity contribution in [1.29, 1.82) is 0 Å². The van der Waals surface area contributed by atoms with Crippen LogP contribution in [0.1, 0.15) is 5.82 Å². The molecular weight excluding hydrogens is 410 g/mol. The minimum Gasteiger partial charge on any atom is -0.393 e. The van der Waals surface area contributed by atoms with Gasteiger partial charge in [-0.2, -0.15) is 2.90 Å². The third kappa shape index (κ3) is 2.73. The van der Waals surface area contributed by atoms with Crippen LogP contribution in [0.15, 0.2) is 21.5 Å². The molecule has 1 rings (SSSR count). The molecule has 0 aromatic carbocycles. The molecule has 14 heavy (non-hydrogen) atoms. The summed E-state index contributed by atoms with van der Waals surface area (Å²) in [4.78, 5) is 3.87. The smallest absolute Gasteiger partial charge is 0.196 e. The van der Waals surface area contributed by atoms with Crippen molar-refractivity contribution in [2.24, 2.45) is 10.7 Å². The summed E-state index contributed by atoms with van der Waals surface area (Å²) in [5.74, 6) is 0.558. The molecule has 0 aliphatic carbocycles. The Hall–Kier alpha value is -0.520. The third-order valence-corrected chi connectivity index (χ3v) is 2.47. The maximum absolute atomic E-state index is 5.67. The summed E-state index contributed by atoms with van der Waals surface area (Å²) >= 11 is 3.94. The molecule has 0 saturated heterocycles. The van der Waals surface area contributed by atoms with Crippen LogP contribution < -0.4 is 5.73 Å². The van der Waals surface area contributed by atoms with Gasteiger partial charge >= 0.3 is 0 Å². The highest BCUT2D eigenvalue weighted by Crippen LogP contribution is 2.16. The van der Waals surface area contributed by atoms with Crippen LogP contribution in [0.4, 0.5) is 0 Å². The van der Waals surface area contributed by atoms with E-state index in [2.05, 4.69) is 27.1 Å². The van der Waals surface area contributed by atoms with E-state index >= 15 is 0 Å². The molecule has 6 nitrogen and oxygen atoms in total. The second-order valence-electron chi connectivity index (χ2n) is 2.08. The van der Waals surface area contributed by atoms with Gasteiger partial charge in [-0.05, 0) is 33.0 Å². The molecule has 0 saturated carbocycles. The lowest BCUT2D eigenvalue weighted by Gasteiger charge is -1.98. The Morgan fingerprint density at radius 2 is 2.36 bits per heavy atom. The molecule has 0 spiro atoms. The molecule has 0 unspecified atom stereocenters. The van der Waals surface area contributed by atoms with Crippen LogP contribution >= 0.6 is 45.5 Å². The number of halogens is 2. The Labute approximate surface area is 108 Å². The highest BCUT2D eigenvalue weighted by Gasteiger charge is 2.10. The zero-order valence-electron chi connectivity index (χ0n) is 6.93. The van der Waals surface area contributed by atoms with Gasteiger partial charge in [-0.1, -0.05) is 6.58 Å². The summed E-state index contributed by atoms with van der Waals surface area (Å²) in [5, 5.41) is 11.0. The molecule has 1 aromatic heterocycles. The minimum absolute atomic E-state index is 0.558. The van der Waals surface area contributed by atoms with Gasteiger partial charge in [0.2, 0.25) is 0 Å². The van der Waals surface area contributed by atoms with Crippen LogP contribution in [-0.4, -0.2) is 24.6 Å². The molecule has 2 N–H and O–H groups in total. The van der Waals surface area contributed by atoms with Crippen LogP contribution in [0, 0.1) is 0 Å². The SMILES string of the molecule is C=C/N=C\C(=C(/N)I)c1nnnn1I. The number of hydrogen-bond donors (Lipinski definition) is 1. The molecule has 0 atom stereocenters. The van der Waals surface area contributed by atoms with E-state index < -0.39 is 0 Å². The Kier molecular flexibility index (Phi) is 4.44. The summed E-state index contributed by atoms with van der Waals surface area (Å²) in [5.41, 5.74) is 6.34. The molecule has 0 fully saturated rings. The number of nitrogens with two attached hydrogens (primary N) is 1. The predicted octanol–water partition coefficient (Wildman–Crippen LogP) is 1.15. The van der Waals surface area contributed by atoms with Crippen LogP contribution in [0.25, 0.3) is 5.57 Å².